The van der Waals surface area contributed by atoms with Crippen LogP contribution in [0.25, 0.3) is 0 Å². The molecule has 0 aromatic rings. The van der Waals surface area contributed by atoms with Gasteiger partial charge in [-0.2, -0.15) is 0 Å². The van der Waals surface area contributed by atoms with Gasteiger partial charge in [0.25, 0.3) is 0 Å². The summed E-state index contributed by atoms with van der Waals surface area (Å²) in [6.45, 7) is 4.02. The Labute approximate surface area is 83.4 Å². The van der Waals surface area contributed by atoms with E-state index in [4.69, 9.17) is 0 Å². The van der Waals surface area contributed by atoms with E-state index in [1.54, 1.807) is 0 Å². The van der Waals surface area contributed by atoms with Crippen molar-refractivity contribution in [2.45, 2.75) is 33.1 Å². The zero-order chi connectivity index (χ0) is 10.6. The fourth-order valence-electron chi connectivity index (χ4n) is 1.34. The molecule has 3 nitrogen and oxygen atoms in total. The van der Waals surface area contributed by atoms with E-state index >= 15 is 0 Å². The van der Waals surface area contributed by atoms with Gasteiger partial charge in [-0.25, -0.2) is 9.59 Å². The number of hydrogen-bond acceptors (Lipinski definition) is 3. The van der Waals surface area contributed by atoms with Crippen LogP contribution in [-0.4, -0.2) is 11.9 Å². The van der Waals surface area contributed by atoms with Crippen LogP contribution in [0.2, 0.25) is 0 Å². The van der Waals surface area contributed by atoms with Crippen LogP contribution < -0.4 is 0 Å². The highest BCUT2D eigenvalue weighted by molar-refractivity contribution is 6.11. The van der Waals surface area contributed by atoms with E-state index < -0.39 is 11.9 Å². The van der Waals surface area contributed by atoms with Crippen molar-refractivity contribution in [3.63, 3.8) is 0 Å². The van der Waals surface area contributed by atoms with Crippen LogP contribution in [0.1, 0.15) is 33.1 Å². The molecule has 0 fully saturated rings. The number of hydrogen-bond donors (Lipinski definition) is 0. The first-order valence-electron chi connectivity index (χ1n) is 4.86. The zero-order valence-corrected chi connectivity index (χ0v) is 8.50. The highest BCUT2D eigenvalue weighted by atomic mass is 16.6. The predicted molar refractivity (Wildman–Crippen MR) is 52.5 cm³/mol. The first-order valence-corrected chi connectivity index (χ1v) is 4.86. The maximum atomic E-state index is 11.2. The summed E-state index contributed by atoms with van der Waals surface area (Å²) in [6, 6.07) is 0. The molecule has 0 unspecified atom stereocenters. The molecule has 76 valence electrons. The minimum atomic E-state index is -0.555. The number of unbranched alkanes of at least 4 members (excludes halogenated alkanes) is 1. The Morgan fingerprint density at radius 1 is 1.43 bits per heavy atom. The van der Waals surface area contributed by atoms with Gasteiger partial charge in [-0.05, 0) is 18.4 Å². The Balaban J connectivity index is 2.84. The maximum absolute atomic E-state index is 11.2. The van der Waals surface area contributed by atoms with Crippen LogP contribution in [0.5, 0.6) is 0 Å². The van der Waals surface area contributed by atoms with Gasteiger partial charge in [-0.15, -0.1) is 0 Å². The van der Waals surface area contributed by atoms with E-state index in [1.807, 2.05) is 13.0 Å². The standard InChI is InChI=1S/C11H14O3/c1-3-5-6-8(4-2)9-7-10(12)14-11(9)13/h6-7H,3-5H2,1-2H3. The Morgan fingerprint density at radius 3 is 2.57 bits per heavy atom. The number of rotatable bonds is 4. The summed E-state index contributed by atoms with van der Waals surface area (Å²) in [6.07, 6.45) is 5.95. The summed E-state index contributed by atoms with van der Waals surface area (Å²) in [5.41, 5.74) is 1.33. The second-order valence-corrected chi connectivity index (χ2v) is 3.14. The molecule has 0 saturated carbocycles. The van der Waals surface area contributed by atoms with E-state index in [0.29, 0.717) is 5.57 Å². The van der Waals surface area contributed by atoms with E-state index in [9.17, 15) is 9.59 Å². The van der Waals surface area contributed by atoms with Crippen molar-refractivity contribution < 1.29 is 14.3 Å². The highest BCUT2D eigenvalue weighted by Crippen LogP contribution is 2.21. The average molecular weight is 194 g/mol. The van der Waals surface area contributed by atoms with Crippen molar-refractivity contribution in [3.05, 3.63) is 23.3 Å². The molecule has 14 heavy (non-hydrogen) atoms. The third-order valence-electron chi connectivity index (χ3n) is 2.08. The van der Waals surface area contributed by atoms with Gasteiger partial charge in [0.15, 0.2) is 0 Å². The maximum Gasteiger partial charge on any atom is 0.346 e. The van der Waals surface area contributed by atoms with Gasteiger partial charge in [0.05, 0.1) is 5.57 Å². The molecule has 0 N–H and O–H groups in total. The first-order chi connectivity index (χ1) is 6.69. The minimum Gasteiger partial charge on any atom is -0.386 e. The van der Waals surface area contributed by atoms with Gasteiger partial charge in [0, 0.05) is 6.08 Å². The van der Waals surface area contributed by atoms with Gasteiger partial charge in [-0.1, -0.05) is 26.3 Å². The molecule has 0 saturated heterocycles. The molecule has 0 radical (unpaired) electrons. The molecule has 1 aliphatic heterocycles. The number of cyclic esters (lactones) is 2. The molecule has 1 aliphatic rings. The third kappa shape index (κ3) is 2.31. The monoisotopic (exact) mass is 194 g/mol. The van der Waals surface area contributed by atoms with Crippen LogP contribution in [0.3, 0.4) is 0 Å². The van der Waals surface area contributed by atoms with Crippen molar-refractivity contribution >= 4 is 11.9 Å². The second kappa shape index (κ2) is 4.74. The van der Waals surface area contributed by atoms with E-state index in [1.165, 1.54) is 6.08 Å². The molecular weight excluding hydrogens is 180 g/mol. The lowest BCUT2D eigenvalue weighted by Crippen LogP contribution is -2.03. The van der Waals surface area contributed by atoms with Crippen molar-refractivity contribution in [2.24, 2.45) is 0 Å². The fraction of sp³-hybridized carbons (Fsp3) is 0.455. The predicted octanol–water partition coefficient (Wildman–Crippen LogP) is 2.13. The molecule has 0 aromatic heterocycles. The SMILES string of the molecule is CCCC=C(CC)C1=CC(=O)OC1=O. The molecule has 3 heteroatoms. The topological polar surface area (TPSA) is 43.4 Å². The number of esters is 2. The van der Waals surface area contributed by atoms with Gasteiger partial charge in [0.2, 0.25) is 0 Å². The molecule has 0 bridgehead atoms. The van der Waals surface area contributed by atoms with Gasteiger partial charge < -0.3 is 4.74 Å². The van der Waals surface area contributed by atoms with Crippen molar-refractivity contribution in [2.75, 3.05) is 0 Å². The van der Waals surface area contributed by atoms with Gasteiger partial charge >= 0.3 is 11.9 Å². The Hall–Kier alpha value is -1.38. The van der Waals surface area contributed by atoms with Crippen LogP contribution in [-0.2, 0) is 14.3 Å². The number of carbonyl (C=O) groups is 2. The summed E-state index contributed by atoms with van der Waals surface area (Å²) in [4.78, 5) is 22.0. The molecule has 1 rings (SSSR count). The van der Waals surface area contributed by atoms with Crippen LogP contribution >= 0.6 is 0 Å². The number of ether oxygens (including phenoxy) is 1. The minimum absolute atomic E-state index is 0.422. The first kappa shape index (κ1) is 10.7. The Morgan fingerprint density at radius 2 is 2.14 bits per heavy atom. The largest absolute Gasteiger partial charge is 0.386 e. The highest BCUT2D eigenvalue weighted by Gasteiger charge is 2.25. The molecule has 0 aliphatic carbocycles. The second-order valence-electron chi connectivity index (χ2n) is 3.14. The molecule has 1 heterocycles. The van der Waals surface area contributed by atoms with Gasteiger partial charge in [0.1, 0.15) is 0 Å². The lowest BCUT2D eigenvalue weighted by atomic mass is 10.0. The molecular formula is C11H14O3. The summed E-state index contributed by atoms with van der Waals surface area (Å²) in [5.74, 6) is -1.07. The van der Waals surface area contributed by atoms with Crippen molar-refractivity contribution in [1.82, 2.24) is 0 Å². The lowest BCUT2D eigenvalue weighted by molar-refractivity contribution is -0.150. The van der Waals surface area contributed by atoms with Crippen LogP contribution in [0.4, 0.5) is 0 Å². The summed E-state index contributed by atoms with van der Waals surface area (Å²) in [7, 11) is 0. The Bertz CT molecular complexity index is 310. The van der Waals surface area contributed by atoms with Crippen molar-refractivity contribution in [3.8, 4) is 0 Å². The quantitative estimate of drug-likeness (QED) is 0.508. The summed E-state index contributed by atoms with van der Waals surface area (Å²) >= 11 is 0. The zero-order valence-electron chi connectivity index (χ0n) is 8.50. The lowest BCUT2D eigenvalue weighted by Gasteiger charge is -2.01. The molecule has 0 amide bonds. The summed E-state index contributed by atoms with van der Waals surface area (Å²) < 4.78 is 4.43. The number of carbonyl (C=O) groups excluding carboxylic acids is 2. The average Bonchev–Trinajstić information content (AvgIpc) is 2.47. The van der Waals surface area contributed by atoms with E-state index in [-0.39, 0.29) is 0 Å². The molecule has 0 spiro atoms. The van der Waals surface area contributed by atoms with E-state index in [2.05, 4.69) is 11.7 Å². The summed E-state index contributed by atoms with van der Waals surface area (Å²) in [5, 5.41) is 0. The smallest absolute Gasteiger partial charge is 0.346 e. The fourth-order valence-corrected chi connectivity index (χ4v) is 1.34. The van der Waals surface area contributed by atoms with E-state index in [0.717, 1.165) is 24.8 Å². The molecule has 0 aromatic carbocycles. The molecule has 0 atom stereocenters. The normalized spacial score (nSPS) is 17.0. The third-order valence-corrected chi connectivity index (χ3v) is 2.08. The van der Waals surface area contributed by atoms with Crippen LogP contribution in [0, 0.1) is 0 Å². The van der Waals surface area contributed by atoms with Crippen molar-refractivity contribution in [1.29, 1.82) is 0 Å². The Kier molecular flexibility index (Phi) is 3.63. The van der Waals surface area contributed by atoms with Crippen LogP contribution in [0.15, 0.2) is 23.3 Å². The number of allylic oxidation sites excluding steroid dienone is 1. The van der Waals surface area contributed by atoms with Gasteiger partial charge in [-0.3, -0.25) is 0 Å².